The van der Waals surface area contributed by atoms with Crippen molar-refractivity contribution in [1.82, 2.24) is 9.97 Å². The van der Waals surface area contributed by atoms with Crippen molar-refractivity contribution < 1.29 is 4.79 Å². The van der Waals surface area contributed by atoms with E-state index in [1.807, 2.05) is 54.6 Å². The molecule has 6 nitrogen and oxygen atoms in total. The molecule has 0 unspecified atom stereocenters. The molecular formula is C23H21N5O. The van der Waals surface area contributed by atoms with E-state index < -0.39 is 0 Å². The highest BCUT2D eigenvalue weighted by Gasteiger charge is 2.10. The summed E-state index contributed by atoms with van der Waals surface area (Å²) in [6.07, 6.45) is 0.872. The summed E-state index contributed by atoms with van der Waals surface area (Å²) in [4.78, 5) is 20.3. The number of carbonyl (C=O) groups excluding carboxylic acids is 1. The lowest BCUT2D eigenvalue weighted by Crippen LogP contribution is -2.10. The Bertz CT molecular complexity index is 1210. The number of hydrogen-bond acceptors (Lipinski definition) is 4. The van der Waals surface area contributed by atoms with Crippen molar-refractivity contribution >= 4 is 28.3 Å². The van der Waals surface area contributed by atoms with E-state index in [4.69, 9.17) is 16.9 Å². The summed E-state index contributed by atoms with van der Waals surface area (Å²) < 4.78 is 0. The molecular weight excluding hydrogens is 362 g/mol. The molecule has 0 fully saturated rings. The molecule has 0 spiro atoms. The standard InChI is InChI=1S/C23H21N5O/c24-18-3-1-2-16(12-18)14-4-6-15(7-5-14)21(29)10-11-22-27-19-9-8-17(23(25)26)13-20(19)28-22/h1-9,12-13H,10-11,24H2,(H3,25,26)(H,27,28). The number of hydrogen-bond donors (Lipinski definition) is 4. The van der Waals surface area contributed by atoms with Gasteiger partial charge >= 0.3 is 0 Å². The number of imidazole rings is 1. The second-order valence-corrected chi connectivity index (χ2v) is 6.96. The van der Waals surface area contributed by atoms with Crippen LogP contribution < -0.4 is 11.5 Å². The van der Waals surface area contributed by atoms with Crippen LogP contribution in [0.5, 0.6) is 0 Å². The Balaban J connectivity index is 1.44. The molecule has 1 heterocycles. The zero-order valence-corrected chi connectivity index (χ0v) is 15.8. The van der Waals surface area contributed by atoms with Gasteiger partial charge in [-0.1, -0.05) is 36.4 Å². The van der Waals surface area contributed by atoms with E-state index in [0.29, 0.717) is 29.7 Å². The summed E-state index contributed by atoms with van der Waals surface area (Å²) >= 11 is 0. The number of nitrogens with one attached hydrogen (secondary N) is 2. The van der Waals surface area contributed by atoms with Gasteiger partial charge in [-0.25, -0.2) is 4.98 Å². The maximum Gasteiger partial charge on any atom is 0.163 e. The molecule has 3 aromatic carbocycles. The van der Waals surface area contributed by atoms with Crippen LogP contribution in [0, 0.1) is 5.41 Å². The van der Waals surface area contributed by atoms with Crippen LogP contribution in [0.4, 0.5) is 5.69 Å². The minimum Gasteiger partial charge on any atom is -0.399 e. The van der Waals surface area contributed by atoms with Crippen LogP contribution >= 0.6 is 0 Å². The van der Waals surface area contributed by atoms with Gasteiger partial charge in [-0.3, -0.25) is 10.2 Å². The first-order chi connectivity index (χ1) is 14.0. The number of H-pyrrole nitrogens is 1. The van der Waals surface area contributed by atoms with Crippen molar-refractivity contribution in [3.05, 3.63) is 83.7 Å². The number of nitrogen functional groups attached to an aromatic ring is 2. The summed E-state index contributed by atoms with van der Waals surface area (Å²) in [6.45, 7) is 0. The smallest absolute Gasteiger partial charge is 0.163 e. The van der Waals surface area contributed by atoms with E-state index >= 15 is 0 Å². The van der Waals surface area contributed by atoms with Crippen LogP contribution in [-0.2, 0) is 6.42 Å². The third-order valence-corrected chi connectivity index (χ3v) is 4.86. The molecule has 29 heavy (non-hydrogen) atoms. The molecule has 0 atom stereocenters. The number of rotatable bonds is 6. The summed E-state index contributed by atoms with van der Waals surface area (Å²) in [6, 6.07) is 20.6. The molecule has 6 heteroatoms. The number of carbonyl (C=O) groups is 1. The van der Waals surface area contributed by atoms with E-state index in [-0.39, 0.29) is 11.6 Å². The molecule has 0 bridgehead atoms. The quantitative estimate of drug-likeness (QED) is 0.174. The second kappa shape index (κ2) is 7.59. The Labute approximate surface area is 168 Å². The number of aromatic amines is 1. The van der Waals surface area contributed by atoms with Crippen molar-refractivity contribution in [3.63, 3.8) is 0 Å². The van der Waals surface area contributed by atoms with Crippen LogP contribution in [0.3, 0.4) is 0 Å². The Hall–Kier alpha value is -3.93. The lowest BCUT2D eigenvalue weighted by atomic mass is 10.0. The van der Waals surface area contributed by atoms with Gasteiger partial charge in [0.2, 0.25) is 0 Å². The molecule has 4 rings (SSSR count). The number of nitrogens with zero attached hydrogens (tertiary/aromatic N) is 1. The Morgan fingerprint density at radius 1 is 0.966 bits per heavy atom. The number of amidine groups is 1. The predicted octanol–water partition coefficient (Wildman–Crippen LogP) is 3.91. The Morgan fingerprint density at radius 3 is 2.45 bits per heavy atom. The van der Waals surface area contributed by atoms with Gasteiger partial charge in [-0.05, 0) is 41.5 Å². The number of fused-ring (bicyclic) bond motifs is 1. The normalized spacial score (nSPS) is 10.9. The highest BCUT2D eigenvalue weighted by molar-refractivity contribution is 5.98. The fraction of sp³-hybridized carbons (Fsp3) is 0.0870. The van der Waals surface area contributed by atoms with E-state index in [2.05, 4.69) is 9.97 Å². The van der Waals surface area contributed by atoms with Gasteiger partial charge in [0.15, 0.2) is 5.78 Å². The van der Waals surface area contributed by atoms with Crippen LogP contribution in [0.1, 0.15) is 28.2 Å². The summed E-state index contributed by atoms with van der Waals surface area (Å²) in [5.74, 6) is 0.819. The summed E-state index contributed by atoms with van der Waals surface area (Å²) in [7, 11) is 0. The van der Waals surface area contributed by atoms with E-state index in [0.717, 1.165) is 28.0 Å². The van der Waals surface area contributed by atoms with Crippen LogP contribution in [0.25, 0.3) is 22.2 Å². The molecule has 4 aromatic rings. The Morgan fingerprint density at radius 2 is 1.72 bits per heavy atom. The van der Waals surface area contributed by atoms with Gasteiger partial charge in [-0.2, -0.15) is 0 Å². The van der Waals surface area contributed by atoms with Gasteiger partial charge in [0.05, 0.1) is 11.0 Å². The lowest BCUT2D eigenvalue weighted by molar-refractivity contribution is 0.0982. The van der Waals surface area contributed by atoms with Gasteiger partial charge in [0.25, 0.3) is 0 Å². The van der Waals surface area contributed by atoms with Crippen molar-refractivity contribution in [1.29, 1.82) is 5.41 Å². The van der Waals surface area contributed by atoms with Crippen molar-refractivity contribution in [2.45, 2.75) is 12.8 Å². The Kier molecular flexibility index (Phi) is 4.83. The molecule has 0 aliphatic carbocycles. The van der Waals surface area contributed by atoms with Crippen LogP contribution in [0.2, 0.25) is 0 Å². The number of ketones is 1. The number of Topliss-reactive ketones (excluding diaryl/α,β-unsaturated/α-hetero) is 1. The molecule has 0 aliphatic rings. The maximum atomic E-state index is 12.6. The minimum atomic E-state index is 0.0138. The fourth-order valence-electron chi connectivity index (χ4n) is 3.29. The third kappa shape index (κ3) is 4.01. The van der Waals surface area contributed by atoms with Crippen LogP contribution in [0.15, 0.2) is 66.7 Å². The summed E-state index contributed by atoms with van der Waals surface area (Å²) in [5, 5.41) is 7.52. The zero-order chi connectivity index (χ0) is 20.4. The van der Waals surface area contributed by atoms with Gasteiger partial charge in [0.1, 0.15) is 11.7 Å². The molecule has 6 N–H and O–H groups in total. The molecule has 144 valence electrons. The highest BCUT2D eigenvalue weighted by atomic mass is 16.1. The van der Waals surface area contributed by atoms with Crippen LogP contribution in [-0.4, -0.2) is 21.6 Å². The van der Waals surface area contributed by atoms with Gasteiger partial charge < -0.3 is 16.5 Å². The fourth-order valence-corrected chi connectivity index (χ4v) is 3.29. The SMILES string of the molecule is N=C(N)c1ccc2nc(CCC(=O)c3ccc(-c4cccc(N)c4)cc3)[nH]c2c1. The van der Waals surface area contributed by atoms with Gasteiger partial charge in [-0.15, -0.1) is 0 Å². The third-order valence-electron chi connectivity index (χ3n) is 4.86. The van der Waals surface area contributed by atoms with E-state index in [1.165, 1.54) is 0 Å². The average molecular weight is 383 g/mol. The monoisotopic (exact) mass is 383 g/mol. The molecule has 0 amide bonds. The molecule has 0 saturated carbocycles. The number of anilines is 1. The van der Waals surface area contributed by atoms with Crippen molar-refractivity contribution in [2.75, 3.05) is 5.73 Å². The van der Waals surface area contributed by atoms with Gasteiger partial charge in [0, 0.05) is 29.7 Å². The van der Waals surface area contributed by atoms with E-state index in [1.54, 1.807) is 12.1 Å². The maximum absolute atomic E-state index is 12.6. The zero-order valence-electron chi connectivity index (χ0n) is 15.8. The van der Waals surface area contributed by atoms with Crippen molar-refractivity contribution in [2.24, 2.45) is 5.73 Å². The first kappa shape index (κ1) is 18.4. The molecule has 0 saturated heterocycles. The number of aromatic nitrogens is 2. The minimum absolute atomic E-state index is 0.0138. The van der Waals surface area contributed by atoms with E-state index in [9.17, 15) is 4.79 Å². The number of nitrogens with two attached hydrogens (primary N) is 2. The number of benzene rings is 3. The number of aryl methyl sites for hydroxylation is 1. The topological polar surface area (TPSA) is 122 Å². The second-order valence-electron chi connectivity index (χ2n) is 6.96. The molecule has 0 aliphatic heterocycles. The predicted molar refractivity (Wildman–Crippen MR) is 116 cm³/mol. The first-order valence-corrected chi connectivity index (χ1v) is 9.32. The molecule has 0 radical (unpaired) electrons. The largest absolute Gasteiger partial charge is 0.399 e. The first-order valence-electron chi connectivity index (χ1n) is 9.32. The lowest BCUT2D eigenvalue weighted by Gasteiger charge is -2.05. The molecule has 1 aromatic heterocycles. The average Bonchev–Trinajstić information content (AvgIpc) is 3.14. The highest BCUT2D eigenvalue weighted by Crippen LogP contribution is 2.22. The summed E-state index contributed by atoms with van der Waals surface area (Å²) in [5.41, 5.74) is 17.0. The van der Waals surface area contributed by atoms with Crippen molar-refractivity contribution in [3.8, 4) is 11.1 Å².